The molecular weight excluding hydrogens is 701 g/mol. The van der Waals surface area contributed by atoms with E-state index in [2.05, 4.69) is 42.7 Å². The molecule has 0 aliphatic carbocycles. The number of unbranched alkanes of at least 4 members (excludes halogenated alkanes) is 13. The summed E-state index contributed by atoms with van der Waals surface area (Å²) in [5.74, 6) is -2.62. The molecule has 0 saturated heterocycles. The first kappa shape index (κ1) is 50.4. The number of hydrogen-bond donors (Lipinski definition) is 4. The highest BCUT2D eigenvalue weighted by Crippen LogP contribution is 2.43. The van der Waals surface area contributed by atoms with Gasteiger partial charge in [0, 0.05) is 12.8 Å². The molecule has 0 fully saturated rings. The minimum atomic E-state index is -4.76. The lowest BCUT2D eigenvalue weighted by atomic mass is 10.1. The quantitative estimate of drug-likeness (QED) is 0.0156. The number of carbonyl (C=O) groups excluding carboxylic acids is 2. The SMILES string of the molecule is CCCC/C=C\CCCCCCCC(=O)O[C@H](COC(=O)CCCC(O)/C=C/C=C/C/C=C/CCCCCCCC)COP(=O)(O)OC[C@H](N)C(=O)O. The number of phosphoric acid groups is 1. The molecule has 0 aromatic heterocycles. The van der Waals surface area contributed by atoms with Gasteiger partial charge in [-0.1, -0.05) is 127 Å². The number of aliphatic carboxylic acids is 1. The molecule has 0 bridgehead atoms. The van der Waals surface area contributed by atoms with Crippen molar-refractivity contribution in [1.82, 2.24) is 0 Å². The fraction of sp³-hybridized carbons (Fsp3) is 0.725. The number of carbonyl (C=O) groups is 3. The second kappa shape index (κ2) is 35.1. The highest BCUT2D eigenvalue weighted by Gasteiger charge is 2.28. The van der Waals surface area contributed by atoms with E-state index in [9.17, 15) is 28.9 Å². The number of aliphatic hydroxyl groups is 1. The van der Waals surface area contributed by atoms with Crippen LogP contribution in [0.3, 0.4) is 0 Å². The van der Waals surface area contributed by atoms with E-state index < -0.39 is 63.8 Å². The van der Waals surface area contributed by atoms with Gasteiger partial charge in [-0.3, -0.25) is 23.4 Å². The van der Waals surface area contributed by atoms with Crippen LogP contribution in [0.5, 0.6) is 0 Å². The average Bonchev–Trinajstić information content (AvgIpc) is 3.12. The van der Waals surface area contributed by atoms with E-state index in [4.69, 9.17) is 24.8 Å². The van der Waals surface area contributed by atoms with Gasteiger partial charge in [-0.25, -0.2) is 4.57 Å². The smallest absolute Gasteiger partial charge is 0.472 e. The molecule has 0 saturated carbocycles. The summed E-state index contributed by atoms with van der Waals surface area (Å²) in [5.41, 5.74) is 5.30. The van der Waals surface area contributed by atoms with E-state index in [1.165, 1.54) is 51.4 Å². The number of allylic oxidation sites excluding steroid dienone is 7. The number of nitrogens with two attached hydrogens (primary N) is 1. The van der Waals surface area contributed by atoms with E-state index in [-0.39, 0.29) is 12.8 Å². The number of hydrogen-bond acceptors (Lipinski definition) is 10. The van der Waals surface area contributed by atoms with Crippen molar-refractivity contribution in [1.29, 1.82) is 0 Å². The Morgan fingerprint density at radius 2 is 1.25 bits per heavy atom. The fourth-order valence-electron chi connectivity index (χ4n) is 4.94. The molecule has 0 spiro atoms. The molecule has 4 atom stereocenters. The second-order valence-electron chi connectivity index (χ2n) is 13.3. The van der Waals surface area contributed by atoms with Crippen molar-refractivity contribution in [2.75, 3.05) is 19.8 Å². The first-order chi connectivity index (χ1) is 25.5. The lowest BCUT2D eigenvalue weighted by molar-refractivity contribution is -0.161. The van der Waals surface area contributed by atoms with E-state index in [1.807, 2.05) is 12.2 Å². The van der Waals surface area contributed by atoms with Crippen molar-refractivity contribution < 1.29 is 52.6 Å². The Labute approximate surface area is 318 Å². The van der Waals surface area contributed by atoms with Gasteiger partial charge >= 0.3 is 25.7 Å². The molecule has 13 heteroatoms. The summed E-state index contributed by atoms with van der Waals surface area (Å²) in [6.07, 6.45) is 33.7. The third kappa shape index (κ3) is 34.9. The Morgan fingerprint density at radius 3 is 1.91 bits per heavy atom. The number of rotatable bonds is 36. The molecule has 12 nitrogen and oxygen atoms in total. The molecule has 0 amide bonds. The second-order valence-corrected chi connectivity index (χ2v) is 14.7. The summed E-state index contributed by atoms with van der Waals surface area (Å²) in [5, 5.41) is 19.1. The third-order valence-corrected chi connectivity index (χ3v) is 9.10. The zero-order valence-corrected chi connectivity index (χ0v) is 33.3. The van der Waals surface area contributed by atoms with Crippen LogP contribution in [0.25, 0.3) is 0 Å². The highest BCUT2D eigenvalue weighted by atomic mass is 31.2. The number of ether oxygens (including phenoxy) is 2. The van der Waals surface area contributed by atoms with Gasteiger partial charge in [-0.15, -0.1) is 0 Å². The zero-order valence-electron chi connectivity index (χ0n) is 32.5. The van der Waals surface area contributed by atoms with E-state index in [0.717, 1.165) is 51.4 Å². The lowest BCUT2D eigenvalue weighted by Gasteiger charge is -2.20. The normalized spacial score (nSPS) is 15.0. The molecule has 0 rings (SSSR count). The van der Waals surface area contributed by atoms with Crippen LogP contribution in [-0.2, 0) is 37.5 Å². The van der Waals surface area contributed by atoms with E-state index in [0.29, 0.717) is 19.3 Å². The Kier molecular flexibility index (Phi) is 33.4. The van der Waals surface area contributed by atoms with E-state index >= 15 is 0 Å². The number of carboxylic acids is 1. The lowest BCUT2D eigenvalue weighted by Crippen LogP contribution is -2.34. The van der Waals surface area contributed by atoms with Crippen molar-refractivity contribution in [2.45, 2.75) is 167 Å². The highest BCUT2D eigenvalue weighted by molar-refractivity contribution is 7.47. The molecule has 2 unspecified atom stereocenters. The first-order valence-corrected chi connectivity index (χ1v) is 21.3. The third-order valence-electron chi connectivity index (χ3n) is 8.15. The fourth-order valence-corrected chi connectivity index (χ4v) is 5.71. The summed E-state index contributed by atoms with van der Waals surface area (Å²) in [6, 6.07) is -1.55. The van der Waals surface area contributed by atoms with Gasteiger partial charge in [0.2, 0.25) is 0 Å². The monoisotopic (exact) mass is 771 g/mol. The maximum atomic E-state index is 12.5. The van der Waals surface area contributed by atoms with Gasteiger partial charge in [0.1, 0.15) is 12.6 Å². The summed E-state index contributed by atoms with van der Waals surface area (Å²) < 4.78 is 32.4. The standard InChI is InChI=1S/C40H70NO11P/c1-3-5-7-9-11-13-15-16-18-19-21-23-25-28-35(42)29-27-31-38(43)49-32-36(33-50-53(47,48)51-34-37(41)40(45)46)52-39(44)30-26-24-22-20-17-14-12-10-8-6-4-2/h10,12,16,18,21,23,25,28,35-37,42H,3-9,11,13-15,17,19-20,22,24,26-27,29-34,41H2,1-2H3,(H,45,46)(H,47,48)/b12-10-,18-16+,23-21+,28-25+/t35?,36-,37+/m1/s1. The van der Waals surface area contributed by atoms with Gasteiger partial charge in [-0.05, 0) is 57.8 Å². The van der Waals surface area contributed by atoms with Crippen LogP contribution in [0.1, 0.15) is 149 Å². The van der Waals surface area contributed by atoms with Crippen LogP contribution in [0.2, 0.25) is 0 Å². The average molecular weight is 772 g/mol. The van der Waals surface area contributed by atoms with E-state index in [1.54, 1.807) is 12.2 Å². The molecule has 0 aromatic carbocycles. The summed E-state index contributed by atoms with van der Waals surface area (Å²) in [7, 11) is -4.76. The van der Waals surface area contributed by atoms with Crippen LogP contribution in [0, 0.1) is 0 Å². The zero-order chi connectivity index (χ0) is 39.4. The van der Waals surface area contributed by atoms with Gasteiger partial charge in [0.15, 0.2) is 6.10 Å². The van der Waals surface area contributed by atoms with Crippen molar-refractivity contribution in [3.05, 3.63) is 48.6 Å². The summed E-state index contributed by atoms with van der Waals surface area (Å²) >= 11 is 0. The molecule has 0 aliphatic rings. The predicted octanol–water partition coefficient (Wildman–Crippen LogP) is 8.80. The number of phosphoric ester groups is 1. The maximum Gasteiger partial charge on any atom is 0.472 e. The van der Waals surface area contributed by atoms with Crippen LogP contribution in [0.4, 0.5) is 0 Å². The van der Waals surface area contributed by atoms with Crippen LogP contribution >= 0.6 is 7.82 Å². The molecule has 0 aliphatic heterocycles. The van der Waals surface area contributed by atoms with Crippen molar-refractivity contribution in [2.24, 2.45) is 5.73 Å². The van der Waals surface area contributed by atoms with Crippen LogP contribution in [0.15, 0.2) is 48.6 Å². The maximum absolute atomic E-state index is 12.5. The Hall–Kier alpha value is -2.60. The topological polar surface area (TPSA) is 192 Å². The molecule has 0 radical (unpaired) electrons. The van der Waals surface area contributed by atoms with Crippen molar-refractivity contribution in [3.63, 3.8) is 0 Å². The predicted molar refractivity (Wildman–Crippen MR) is 209 cm³/mol. The van der Waals surface area contributed by atoms with Gasteiger partial charge in [-0.2, -0.15) is 0 Å². The molecule has 306 valence electrons. The minimum Gasteiger partial charge on any atom is -0.480 e. The van der Waals surface area contributed by atoms with Gasteiger partial charge < -0.3 is 30.3 Å². The summed E-state index contributed by atoms with van der Waals surface area (Å²) in [4.78, 5) is 45.8. The molecule has 0 heterocycles. The Morgan fingerprint density at radius 1 is 0.679 bits per heavy atom. The van der Waals surface area contributed by atoms with Gasteiger partial charge in [0.25, 0.3) is 0 Å². The number of esters is 2. The van der Waals surface area contributed by atoms with Crippen LogP contribution < -0.4 is 5.73 Å². The molecule has 53 heavy (non-hydrogen) atoms. The molecule has 5 N–H and O–H groups in total. The largest absolute Gasteiger partial charge is 0.480 e. The Balaban J connectivity index is 4.61. The Bertz CT molecular complexity index is 1110. The van der Waals surface area contributed by atoms with Crippen molar-refractivity contribution >= 4 is 25.7 Å². The molecule has 0 aromatic rings. The minimum absolute atomic E-state index is 0.00509. The van der Waals surface area contributed by atoms with Gasteiger partial charge in [0.05, 0.1) is 19.3 Å². The van der Waals surface area contributed by atoms with Crippen molar-refractivity contribution in [3.8, 4) is 0 Å². The number of carboxylic acid groups (broad SMARTS) is 1. The van der Waals surface area contributed by atoms with Crippen LogP contribution in [-0.4, -0.2) is 71.1 Å². The molecular formula is C40H70NO11P. The summed E-state index contributed by atoms with van der Waals surface area (Å²) in [6.45, 7) is 2.52. The first-order valence-electron chi connectivity index (χ1n) is 19.8. The number of aliphatic hydroxyl groups excluding tert-OH is 1.